The normalized spacial score (nSPS) is 14.5. The first-order valence-electron chi connectivity index (χ1n) is 21.2. The Morgan fingerprint density at radius 1 is 0.371 bits per heavy atom. The van der Waals surface area contributed by atoms with E-state index in [-0.39, 0.29) is 0 Å². The summed E-state index contributed by atoms with van der Waals surface area (Å²) in [6, 6.07) is 78.3. The first-order valence-corrected chi connectivity index (χ1v) is 21.2. The van der Waals surface area contributed by atoms with Gasteiger partial charge in [0.05, 0.1) is 11.0 Å². The van der Waals surface area contributed by atoms with Gasteiger partial charge in [-0.3, -0.25) is 0 Å². The number of hydrogen-bond donors (Lipinski definition) is 0. The molecule has 288 valence electrons. The lowest BCUT2D eigenvalue weighted by molar-refractivity contribution is 0.698. The van der Waals surface area contributed by atoms with Crippen LogP contribution < -0.4 is 0 Å². The maximum absolute atomic E-state index is 5.83. The molecule has 0 amide bonds. The smallest absolute Gasteiger partial charge is 0.164 e. The number of nitrogens with zero attached hydrogens (tertiary/aromatic N) is 4. The van der Waals surface area contributed by atoms with E-state index < -0.39 is 5.41 Å². The average Bonchev–Trinajstić information content (AvgIpc) is 3.87. The molecule has 0 saturated carbocycles. The van der Waals surface area contributed by atoms with Crippen molar-refractivity contribution >= 4 is 54.1 Å². The van der Waals surface area contributed by atoms with E-state index in [1.54, 1.807) is 0 Å². The molecule has 13 rings (SSSR count). The summed E-state index contributed by atoms with van der Waals surface area (Å²) in [6.45, 7) is 0. The lowest BCUT2D eigenvalue weighted by atomic mass is 9.70. The second-order valence-electron chi connectivity index (χ2n) is 16.2. The lowest BCUT2D eigenvalue weighted by Crippen LogP contribution is -2.32. The van der Waals surface area contributed by atoms with Crippen LogP contribution in [0.3, 0.4) is 0 Å². The maximum Gasteiger partial charge on any atom is 0.164 e. The average molecular weight is 789 g/mol. The molecule has 0 radical (unpaired) electrons. The highest BCUT2D eigenvalue weighted by Crippen LogP contribution is 2.61. The SMILES string of the molecule is c1ccc(-c2nc(-c3cccc4c3c3ccccc3n4-c3ccccc3)nc(C3(c4ccccc4)c4ccc5ccccc5c4-c4c3c3ccccc3c3ccccc43)n2)cc1. The summed E-state index contributed by atoms with van der Waals surface area (Å²) in [4.78, 5) is 17.0. The zero-order valence-corrected chi connectivity index (χ0v) is 33.6. The van der Waals surface area contributed by atoms with Crippen LogP contribution in [0.15, 0.2) is 218 Å². The molecule has 1 aliphatic carbocycles. The third-order valence-corrected chi connectivity index (χ3v) is 13.1. The van der Waals surface area contributed by atoms with E-state index in [0.29, 0.717) is 17.5 Å². The fraction of sp³-hybridized carbons (Fsp3) is 0.0172. The van der Waals surface area contributed by atoms with E-state index >= 15 is 0 Å². The Morgan fingerprint density at radius 2 is 0.952 bits per heavy atom. The summed E-state index contributed by atoms with van der Waals surface area (Å²) in [5.41, 5.74) is 10.2. The van der Waals surface area contributed by atoms with Gasteiger partial charge in [-0.15, -0.1) is 0 Å². The Bertz CT molecular complexity index is 3740. The van der Waals surface area contributed by atoms with Gasteiger partial charge < -0.3 is 4.57 Å². The molecule has 0 bridgehead atoms. The molecular formula is C58H36N4. The maximum atomic E-state index is 5.83. The molecule has 1 atom stereocenters. The summed E-state index contributed by atoms with van der Waals surface area (Å²) < 4.78 is 2.35. The lowest BCUT2D eigenvalue weighted by Gasteiger charge is -2.33. The van der Waals surface area contributed by atoms with E-state index in [9.17, 15) is 0 Å². The minimum atomic E-state index is -0.938. The summed E-state index contributed by atoms with van der Waals surface area (Å²) in [6.07, 6.45) is 0. The van der Waals surface area contributed by atoms with Crippen molar-refractivity contribution in [3.05, 3.63) is 241 Å². The number of para-hydroxylation sites is 2. The Kier molecular flexibility index (Phi) is 7.49. The highest BCUT2D eigenvalue weighted by Gasteiger charge is 2.51. The number of benzene rings is 10. The fourth-order valence-corrected chi connectivity index (χ4v) is 10.6. The molecule has 0 aliphatic heterocycles. The zero-order chi connectivity index (χ0) is 40.8. The van der Waals surface area contributed by atoms with E-state index in [1.807, 2.05) is 6.07 Å². The minimum Gasteiger partial charge on any atom is -0.309 e. The molecule has 0 saturated heterocycles. The Balaban J connectivity index is 1.23. The molecule has 0 N–H and O–H groups in total. The van der Waals surface area contributed by atoms with Gasteiger partial charge in [0.15, 0.2) is 17.5 Å². The van der Waals surface area contributed by atoms with Crippen molar-refractivity contribution in [2.24, 2.45) is 0 Å². The van der Waals surface area contributed by atoms with Gasteiger partial charge in [0.25, 0.3) is 0 Å². The zero-order valence-electron chi connectivity index (χ0n) is 33.6. The highest BCUT2D eigenvalue weighted by molar-refractivity contribution is 6.22. The van der Waals surface area contributed by atoms with Gasteiger partial charge in [-0.25, -0.2) is 15.0 Å². The third-order valence-electron chi connectivity index (χ3n) is 13.1. The van der Waals surface area contributed by atoms with Gasteiger partial charge in [-0.2, -0.15) is 0 Å². The standard InChI is InChI=1S/C58H36N4/c1-4-20-38(21-5-1)55-59-56(47-32-18-34-50-51(47)46-31-16-17-33-49(46)62(50)40-24-8-3-9-25-40)61-57(60-55)58(39-22-6-2-7-23-39)48-36-35-37-19-10-11-26-41(37)52(48)53-44-29-14-12-27-42(44)43-28-13-15-30-45(43)54(53)58/h1-36H. The Labute approximate surface area is 358 Å². The van der Waals surface area contributed by atoms with Crippen LogP contribution in [0.1, 0.15) is 22.5 Å². The first-order chi connectivity index (χ1) is 30.8. The summed E-state index contributed by atoms with van der Waals surface area (Å²) in [5, 5.41) is 9.48. The van der Waals surface area contributed by atoms with E-state index in [0.717, 1.165) is 49.7 Å². The molecule has 2 aromatic heterocycles. The third kappa shape index (κ3) is 4.80. The fourth-order valence-electron chi connectivity index (χ4n) is 10.6. The topological polar surface area (TPSA) is 43.6 Å². The van der Waals surface area contributed by atoms with Gasteiger partial charge in [0.2, 0.25) is 0 Å². The van der Waals surface area contributed by atoms with Gasteiger partial charge in [0.1, 0.15) is 5.41 Å². The quantitative estimate of drug-likeness (QED) is 0.163. The number of aromatic nitrogens is 4. The van der Waals surface area contributed by atoms with E-state index in [4.69, 9.17) is 15.0 Å². The summed E-state index contributed by atoms with van der Waals surface area (Å²) in [5.74, 6) is 1.95. The van der Waals surface area contributed by atoms with Crippen molar-refractivity contribution in [2.75, 3.05) is 0 Å². The molecule has 10 aromatic carbocycles. The Hall–Kier alpha value is -8.21. The summed E-state index contributed by atoms with van der Waals surface area (Å²) in [7, 11) is 0. The first kappa shape index (κ1) is 34.6. The molecule has 1 unspecified atom stereocenters. The molecule has 0 spiro atoms. The van der Waals surface area contributed by atoms with Crippen molar-refractivity contribution in [1.82, 2.24) is 19.5 Å². The monoisotopic (exact) mass is 788 g/mol. The van der Waals surface area contributed by atoms with Crippen LogP contribution in [0.2, 0.25) is 0 Å². The molecule has 12 aromatic rings. The molecule has 0 fully saturated rings. The van der Waals surface area contributed by atoms with Crippen molar-refractivity contribution < 1.29 is 0 Å². The second kappa shape index (κ2) is 13.4. The summed E-state index contributed by atoms with van der Waals surface area (Å²) >= 11 is 0. The predicted molar refractivity (Wildman–Crippen MR) is 255 cm³/mol. The number of hydrogen-bond acceptors (Lipinski definition) is 3. The van der Waals surface area contributed by atoms with Crippen molar-refractivity contribution in [2.45, 2.75) is 5.41 Å². The Morgan fingerprint density at radius 3 is 1.73 bits per heavy atom. The highest BCUT2D eigenvalue weighted by atomic mass is 15.1. The predicted octanol–water partition coefficient (Wildman–Crippen LogP) is 14.1. The van der Waals surface area contributed by atoms with Crippen LogP contribution in [0.5, 0.6) is 0 Å². The van der Waals surface area contributed by atoms with Crippen LogP contribution in [0.4, 0.5) is 0 Å². The van der Waals surface area contributed by atoms with Crippen LogP contribution in [0, 0.1) is 0 Å². The van der Waals surface area contributed by atoms with Crippen LogP contribution in [0.25, 0.3) is 93.7 Å². The van der Waals surface area contributed by atoms with Crippen molar-refractivity contribution in [3.8, 4) is 39.6 Å². The molecular weight excluding hydrogens is 753 g/mol. The van der Waals surface area contributed by atoms with Crippen LogP contribution >= 0.6 is 0 Å². The molecule has 4 nitrogen and oxygen atoms in total. The largest absolute Gasteiger partial charge is 0.309 e. The molecule has 2 heterocycles. The van der Waals surface area contributed by atoms with Gasteiger partial charge in [-0.05, 0) is 84.4 Å². The number of fused-ring (bicyclic) bond motifs is 13. The minimum absolute atomic E-state index is 0.630. The van der Waals surface area contributed by atoms with E-state index in [2.05, 4.69) is 217 Å². The molecule has 4 heteroatoms. The molecule has 62 heavy (non-hydrogen) atoms. The van der Waals surface area contributed by atoms with Crippen molar-refractivity contribution in [1.29, 1.82) is 0 Å². The van der Waals surface area contributed by atoms with Gasteiger partial charge in [-0.1, -0.05) is 194 Å². The number of rotatable bonds is 5. The van der Waals surface area contributed by atoms with Gasteiger partial charge in [0, 0.05) is 27.6 Å². The van der Waals surface area contributed by atoms with Crippen molar-refractivity contribution in [3.63, 3.8) is 0 Å². The van der Waals surface area contributed by atoms with Gasteiger partial charge >= 0.3 is 0 Å². The van der Waals surface area contributed by atoms with E-state index in [1.165, 1.54) is 49.0 Å². The van der Waals surface area contributed by atoms with Crippen LogP contribution in [-0.4, -0.2) is 19.5 Å². The molecule has 1 aliphatic rings. The second-order valence-corrected chi connectivity index (χ2v) is 16.2. The van der Waals surface area contributed by atoms with Crippen LogP contribution in [-0.2, 0) is 5.41 Å².